The summed E-state index contributed by atoms with van der Waals surface area (Å²) in [6.07, 6.45) is 5.47. The Morgan fingerprint density at radius 3 is 2.39 bits per heavy atom. The minimum Gasteiger partial charge on any atom is -0.507 e. The van der Waals surface area contributed by atoms with E-state index in [9.17, 15) is 24.9 Å². The van der Waals surface area contributed by atoms with Crippen LogP contribution in [-0.2, 0) is 0 Å². The van der Waals surface area contributed by atoms with Gasteiger partial charge >= 0.3 is 0 Å². The minimum absolute atomic E-state index is 0.0629. The van der Waals surface area contributed by atoms with Crippen molar-refractivity contribution in [2.45, 2.75) is 58.2 Å². The Morgan fingerprint density at radius 1 is 1.03 bits per heavy atom. The monoisotopic (exact) mass is 422 g/mol. The van der Waals surface area contributed by atoms with E-state index in [4.69, 9.17) is 4.74 Å². The van der Waals surface area contributed by atoms with Crippen LogP contribution in [0.4, 0.5) is 0 Å². The molecule has 1 aliphatic heterocycles. The topological polar surface area (TPSA) is 104 Å². The van der Waals surface area contributed by atoms with Crippen molar-refractivity contribution in [3.8, 4) is 17.2 Å². The van der Waals surface area contributed by atoms with Crippen LogP contribution in [0.25, 0.3) is 6.08 Å². The van der Waals surface area contributed by atoms with Crippen LogP contribution in [0.2, 0.25) is 0 Å². The third-order valence-corrected chi connectivity index (χ3v) is 5.91. The molecule has 0 saturated heterocycles. The molecule has 0 aromatic heterocycles. The van der Waals surface area contributed by atoms with Gasteiger partial charge in [-0.2, -0.15) is 0 Å². The third kappa shape index (κ3) is 3.61. The summed E-state index contributed by atoms with van der Waals surface area (Å²) in [6, 6.07) is 4.49. The highest BCUT2D eigenvalue weighted by Crippen LogP contribution is 2.45. The number of aromatic hydroxyl groups is 2. The first-order valence-corrected chi connectivity index (χ1v) is 10.3. The van der Waals surface area contributed by atoms with Crippen LogP contribution in [0.3, 0.4) is 0 Å². The highest BCUT2D eigenvalue weighted by molar-refractivity contribution is 6.30. The van der Waals surface area contributed by atoms with Gasteiger partial charge < -0.3 is 20.1 Å². The molecule has 0 amide bonds. The van der Waals surface area contributed by atoms with Gasteiger partial charge in [-0.25, -0.2) is 0 Å². The Bertz CT molecular complexity index is 1150. The molecule has 31 heavy (non-hydrogen) atoms. The maximum atomic E-state index is 13.2. The van der Waals surface area contributed by atoms with Gasteiger partial charge in [0.1, 0.15) is 22.8 Å². The largest absolute Gasteiger partial charge is 0.507 e. The Labute approximate surface area is 180 Å². The van der Waals surface area contributed by atoms with Crippen LogP contribution in [0.15, 0.2) is 24.3 Å². The normalized spacial score (nSPS) is 19.5. The Hall–Kier alpha value is -3.12. The van der Waals surface area contributed by atoms with E-state index in [0.717, 1.165) is 6.42 Å². The van der Waals surface area contributed by atoms with Crippen molar-refractivity contribution in [1.82, 2.24) is 0 Å². The van der Waals surface area contributed by atoms with Gasteiger partial charge in [0, 0.05) is 11.1 Å². The Kier molecular flexibility index (Phi) is 4.74. The smallest absolute Gasteiger partial charge is 0.201 e. The number of hydrogen-bond acceptors (Lipinski definition) is 6. The number of phenolic OH excluding ortho intramolecular Hbond substituents is 2. The summed E-state index contributed by atoms with van der Waals surface area (Å²) >= 11 is 0. The van der Waals surface area contributed by atoms with E-state index < -0.39 is 22.8 Å². The van der Waals surface area contributed by atoms with Crippen LogP contribution >= 0.6 is 0 Å². The van der Waals surface area contributed by atoms with Crippen molar-refractivity contribution in [2.24, 2.45) is 0 Å². The molecule has 1 aliphatic carbocycles. The summed E-state index contributed by atoms with van der Waals surface area (Å²) in [5, 5.41) is 31.1. The first-order valence-electron chi connectivity index (χ1n) is 10.3. The van der Waals surface area contributed by atoms with Crippen molar-refractivity contribution in [2.75, 3.05) is 0 Å². The molecule has 6 heteroatoms. The lowest BCUT2D eigenvalue weighted by Gasteiger charge is -2.33. The molecular weight excluding hydrogens is 396 g/mol. The quantitative estimate of drug-likeness (QED) is 0.580. The summed E-state index contributed by atoms with van der Waals surface area (Å²) in [4.78, 5) is 26.3. The predicted molar refractivity (Wildman–Crippen MR) is 116 cm³/mol. The SMILES string of the molecule is Cc1cc(O)c2c(c1)C(=O)c1cc3c(c(O)c1C2=O)C=C[C@](C)(CCCC(C)(C)O)O3. The van der Waals surface area contributed by atoms with Gasteiger partial charge in [0.05, 0.1) is 22.3 Å². The highest BCUT2D eigenvalue weighted by Gasteiger charge is 2.38. The van der Waals surface area contributed by atoms with Gasteiger partial charge in [-0.1, -0.05) is 0 Å². The average Bonchev–Trinajstić information content (AvgIpc) is 2.63. The van der Waals surface area contributed by atoms with Crippen LogP contribution in [0, 0.1) is 6.92 Å². The van der Waals surface area contributed by atoms with Gasteiger partial charge in [0.2, 0.25) is 5.78 Å². The summed E-state index contributed by atoms with van der Waals surface area (Å²) in [5.41, 5.74) is -0.482. The Morgan fingerprint density at radius 2 is 1.71 bits per heavy atom. The van der Waals surface area contributed by atoms with Crippen molar-refractivity contribution in [3.05, 3.63) is 57.7 Å². The molecule has 0 radical (unpaired) electrons. The van der Waals surface area contributed by atoms with Gasteiger partial charge in [-0.05, 0) is 82.9 Å². The number of ketones is 2. The number of phenols is 2. The summed E-state index contributed by atoms with van der Waals surface area (Å²) in [7, 11) is 0. The number of benzene rings is 2. The summed E-state index contributed by atoms with van der Waals surface area (Å²) in [6.45, 7) is 7.14. The fraction of sp³-hybridized carbons (Fsp3) is 0.360. The van der Waals surface area contributed by atoms with E-state index in [2.05, 4.69) is 0 Å². The zero-order valence-corrected chi connectivity index (χ0v) is 18.1. The lowest BCUT2D eigenvalue weighted by Crippen LogP contribution is -2.33. The zero-order chi connectivity index (χ0) is 22.7. The number of aliphatic hydroxyl groups is 1. The number of carbonyl (C=O) groups is 2. The molecule has 2 aliphatic rings. The third-order valence-electron chi connectivity index (χ3n) is 5.91. The second-order valence-electron chi connectivity index (χ2n) is 9.34. The molecule has 0 saturated carbocycles. The van der Waals surface area contributed by atoms with E-state index in [1.165, 1.54) is 12.1 Å². The average molecular weight is 422 g/mol. The number of aryl methyl sites for hydroxylation is 1. The second-order valence-corrected chi connectivity index (χ2v) is 9.34. The molecule has 4 rings (SSSR count). The highest BCUT2D eigenvalue weighted by atomic mass is 16.5. The van der Waals surface area contributed by atoms with Gasteiger partial charge in [0.15, 0.2) is 5.78 Å². The molecule has 1 heterocycles. The van der Waals surface area contributed by atoms with Crippen LogP contribution in [-0.4, -0.2) is 38.1 Å². The standard InChI is InChI=1S/C25H26O6/c1-13-10-15-19(17(26)11-13)23(29)20-16(21(15)27)12-18-14(22(20)28)6-9-25(4,31-18)8-5-7-24(2,3)30/h6,9-12,26,28,30H,5,7-8H2,1-4H3/t25-/m0/s1. The van der Waals surface area contributed by atoms with Crippen molar-refractivity contribution in [1.29, 1.82) is 0 Å². The molecule has 0 bridgehead atoms. The molecule has 0 spiro atoms. The number of rotatable bonds is 4. The predicted octanol–water partition coefficient (Wildman–Crippen LogP) is 4.29. The van der Waals surface area contributed by atoms with Crippen LogP contribution < -0.4 is 4.74 Å². The molecule has 162 valence electrons. The number of ether oxygens (including phenoxy) is 1. The molecule has 0 fully saturated rings. The van der Waals surface area contributed by atoms with Crippen molar-refractivity contribution in [3.63, 3.8) is 0 Å². The molecule has 3 N–H and O–H groups in total. The van der Waals surface area contributed by atoms with Crippen LogP contribution in [0.1, 0.15) is 83.0 Å². The molecule has 2 aromatic carbocycles. The van der Waals surface area contributed by atoms with Crippen LogP contribution in [0.5, 0.6) is 17.2 Å². The number of fused-ring (bicyclic) bond motifs is 3. The van der Waals surface area contributed by atoms with Crippen molar-refractivity contribution >= 4 is 17.6 Å². The number of hydrogen-bond donors (Lipinski definition) is 3. The van der Waals surface area contributed by atoms with E-state index >= 15 is 0 Å². The van der Waals surface area contributed by atoms with E-state index in [1.807, 2.05) is 13.0 Å². The lowest BCUT2D eigenvalue weighted by atomic mass is 9.80. The number of carbonyl (C=O) groups excluding carboxylic acids is 2. The first-order chi connectivity index (χ1) is 14.4. The van der Waals surface area contributed by atoms with Gasteiger partial charge in [-0.3, -0.25) is 9.59 Å². The summed E-state index contributed by atoms with van der Waals surface area (Å²) < 4.78 is 6.16. The molecular formula is C25H26O6. The minimum atomic E-state index is -0.770. The fourth-order valence-electron chi connectivity index (χ4n) is 4.32. The van der Waals surface area contributed by atoms with Gasteiger partial charge in [0.25, 0.3) is 0 Å². The summed E-state index contributed by atoms with van der Waals surface area (Å²) in [5.74, 6) is -1.31. The first kappa shape index (κ1) is 21.1. The Balaban J connectivity index is 1.75. The molecule has 6 nitrogen and oxygen atoms in total. The molecule has 2 aromatic rings. The molecule has 0 unspecified atom stereocenters. The van der Waals surface area contributed by atoms with Gasteiger partial charge in [-0.15, -0.1) is 0 Å². The van der Waals surface area contributed by atoms with Crippen molar-refractivity contribution < 1.29 is 29.6 Å². The van der Waals surface area contributed by atoms with E-state index in [0.29, 0.717) is 29.7 Å². The second kappa shape index (κ2) is 6.95. The molecule has 1 atom stereocenters. The maximum Gasteiger partial charge on any atom is 0.201 e. The zero-order valence-electron chi connectivity index (χ0n) is 18.1. The van der Waals surface area contributed by atoms with E-state index in [-0.39, 0.29) is 33.8 Å². The lowest BCUT2D eigenvalue weighted by molar-refractivity contribution is 0.0575. The maximum absolute atomic E-state index is 13.2. The van der Waals surface area contributed by atoms with E-state index in [1.54, 1.807) is 32.9 Å². The fourth-order valence-corrected chi connectivity index (χ4v) is 4.32.